The number of aliphatic hydroxyl groups excluding tert-OH is 1. The molecule has 0 fully saturated rings. The molecule has 8 heteroatoms. The van der Waals surface area contributed by atoms with Gasteiger partial charge in [-0.25, -0.2) is 4.98 Å². The zero-order chi connectivity index (χ0) is 26.3. The molecule has 0 bridgehead atoms. The first-order chi connectivity index (χ1) is 16.4. The maximum Gasteiger partial charge on any atom is 0.309 e. The minimum Gasteiger partial charge on any atom is -0.457 e. The lowest BCUT2D eigenvalue weighted by atomic mass is 9.73. The van der Waals surface area contributed by atoms with E-state index in [9.17, 15) is 14.7 Å². The standard InChI is InChI=1S/C27H39NO5S2/c1-16-9-8-10-17(2)25(30)19(4)26(31)27(6,7)23(33-34)14-24(29)32-22(12-11-16)18(3)13-21-15-35-20(5)28-21/h8,10-11,13,15,17,19,22-23,25,30,34H,9,12,14H2,1-7H3/b10-8+,16-11-,18-13+/t17-,19+,22-,23-,25-/m0/s1. The summed E-state index contributed by atoms with van der Waals surface area (Å²) >= 11 is 5.54. The van der Waals surface area contributed by atoms with Gasteiger partial charge in [0.2, 0.25) is 0 Å². The van der Waals surface area contributed by atoms with Crippen molar-refractivity contribution in [2.45, 2.75) is 86.0 Å². The fraction of sp³-hybridized carbons (Fsp3) is 0.593. The number of hydrogen-bond donors (Lipinski definition) is 2. The van der Waals surface area contributed by atoms with Gasteiger partial charge in [0, 0.05) is 23.6 Å². The second kappa shape index (κ2) is 13.0. The molecule has 35 heavy (non-hydrogen) atoms. The number of aliphatic hydroxyl groups is 1. The van der Waals surface area contributed by atoms with Gasteiger partial charge in [-0.1, -0.05) is 51.5 Å². The number of thiazole rings is 1. The third-order valence-corrected chi connectivity index (χ3v) is 7.78. The summed E-state index contributed by atoms with van der Waals surface area (Å²) in [6.45, 7) is 12.9. The zero-order valence-electron chi connectivity index (χ0n) is 21.8. The van der Waals surface area contributed by atoms with Crippen LogP contribution in [0, 0.1) is 24.2 Å². The molecule has 2 rings (SSSR count). The molecule has 0 aliphatic carbocycles. The molecule has 0 saturated carbocycles. The predicted molar refractivity (Wildman–Crippen MR) is 144 cm³/mol. The quantitative estimate of drug-likeness (QED) is 0.223. The van der Waals surface area contributed by atoms with E-state index in [0.717, 1.165) is 21.8 Å². The molecule has 1 aromatic heterocycles. The molecular formula is C27H39NO5S2. The summed E-state index contributed by atoms with van der Waals surface area (Å²) in [6.07, 6.45) is 6.90. The molecule has 1 aliphatic rings. The molecule has 0 radical (unpaired) electrons. The van der Waals surface area contributed by atoms with Crippen LogP contribution in [0.2, 0.25) is 0 Å². The van der Waals surface area contributed by atoms with Crippen LogP contribution < -0.4 is 0 Å². The summed E-state index contributed by atoms with van der Waals surface area (Å²) in [7, 11) is 0. The van der Waals surface area contributed by atoms with Crippen molar-refractivity contribution in [1.29, 1.82) is 0 Å². The number of aromatic nitrogens is 1. The van der Waals surface area contributed by atoms with Crippen molar-refractivity contribution in [2.24, 2.45) is 17.3 Å². The normalized spacial score (nSPS) is 32.0. The Labute approximate surface area is 219 Å². The summed E-state index contributed by atoms with van der Waals surface area (Å²) < 4.78 is 11.2. The number of Topliss-reactive ketones (excluding diaryl/α,β-unsaturated/α-hetero) is 1. The minimum atomic E-state index is -1.06. The maximum absolute atomic E-state index is 13.3. The van der Waals surface area contributed by atoms with Crippen molar-refractivity contribution in [3.63, 3.8) is 0 Å². The van der Waals surface area contributed by atoms with E-state index in [2.05, 4.69) is 24.0 Å². The highest BCUT2D eigenvalue weighted by Crippen LogP contribution is 2.34. The van der Waals surface area contributed by atoms with Crippen LogP contribution in [0.25, 0.3) is 6.08 Å². The summed E-state index contributed by atoms with van der Waals surface area (Å²) in [5.41, 5.74) is 1.78. The SMILES string of the molecule is C/C1=C/C[C@@H](/C(C)=C/c2csc(C)n2)OC(=O)C[C@H](OS)C(C)(C)C(=O)[C@H](C)[C@@H](O)[C@@H](C)/C=C/C1. The fourth-order valence-electron chi connectivity index (χ4n) is 4.21. The molecule has 0 saturated heterocycles. The number of hydrogen-bond acceptors (Lipinski definition) is 8. The van der Waals surface area contributed by atoms with Gasteiger partial charge in [0.05, 0.1) is 34.7 Å². The Kier molecular flexibility index (Phi) is 10.9. The Balaban J connectivity index is 2.41. The molecular weight excluding hydrogens is 482 g/mol. The summed E-state index contributed by atoms with van der Waals surface area (Å²) in [6, 6.07) is 0. The van der Waals surface area contributed by atoms with Crippen molar-refractivity contribution in [3.05, 3.63) is 45.5 Å². The Morgan fingerprint density at radius 2 is 2.00 bits per heavy atom. The molecule has 2 heterocycles. The van der Waals surface area contributed by atoms with Crippen LogP contribution in [0.15, 0.2) is 34.8 Å². The number of thiol groups is 1. The summed E-state index contributed by atoms with van der Waals surface area (Å²) in [5.74, 6) is -1.51. The topological polar surface area (TPSA) is 85.7 Å². The summed E-state index contributed by atoms with van der Waals surface area (Å²) in [4.78, 5) is 30.9. The van der Waals surface area contributed by atoms with E-state index >= 15 is 0 Å². The molecule has 0 amide bonds. The second-order valence-corrected chi connectivity index (χ2v) is 11.4. The highest BCUT2D eigenvalue weighted by molar-refractivity contribution is 7.75. The zero-order valence-corrected chi connectivity index (χ0v) is 23.5. The van der Waals surface area contributed by atoms with E-state index in [1.165, 1.54) is 0 Å². The van der Waals surface area contributed by atoms with Gasteiger partial charge in [0.15, 0.2) is 0 Å². The number of esters is 1. The number of cyclic esters (lactones) is 1. The molecule has 0 spiro atoms. The number of allylic oxidation sites excluding steroid dienone is 2. The van der Waals surface area contributed by atoms with Crippen molar-refractivity contribution >= 4 is 42.1 Å². The lowest BCUT2D eigenvalue weighted by Crippen LogP contribution is -2.45. The molecule has 6 nitrogen and oxygen atoms in total. The monoisotopic (exact) mass is 521 g/mol. The number of carbonyl (C=O) groups is 2. The maximum atomic E-state index is 13.3. The minimum absolute atomic E-state index is 0.136. The van der Waals surface area contributed by atoms with Crippen LogP contribution >= 0.6 is 24.2 Å². The molecule has 5 atom stereocenters. The lowest BCUT2D eigenvalue weighted by Gasteiger charge is -2.35. The van der Waals surface area contributed by atoms with Crippen molar-refractivity contribution < 1.29 is 23.6 Å². The number of ether oxygens (including phenoxy) is 1. The van der Waals surface area contributed by atoms with Crippen LogP contribution in [-0.4, -0.2) is 40.2 Å². The average Bonchev–Trinajstić information content (AvgIpc) is 3.21. The van der Waals surface area contributed by atoms with E-state index in [4.69, 9.17) is 8.92 Å². The number of rotatable bonds is 3. The largest absolute Gasteiger partial charge is 0.457 e. The van der Waals surface area contributed by atoms with Gasteiger partial charge in [-0.3, -0.25) is 9.59 Å². The highest BCUT2D eigenvalue weighted by atomic mass is 32.1. The van der Waals surface area contributed by atoms with Gasteiger partial charge in [-0.2, -0.15) is 0 Å². The van der Waals surface area contributed by atoms with Crippen LogP contribution in [0.3, 0.4) is 0 Å². The van der Waals surface area contributed by atoms with Crippen molar-refractivity contribution in [2.75, 3.05) is 0 Å². The third-order valence-electron chi connectivity index (χ3n) is 6.74. The first-order valence-electron chi connectivity index (χ1n) is 12.0. The van der Waals surface area contributed by atoms with Gasteiger partial charge < -0.3 is 14.0 Å². The van der Waals surface area contributed by atoms with E-state index in [0.29, 0.717) is 12.8 Å². The number of nitrogens with zero attached hydrogens (tertiary/aromatic N) is 1. The fourth-order valence-corrected chi connectivity index (χ4v) is 5.12. The molecule has 1 N–H and O–H groups in total. The number of aryl methyl sites for hydroxylation is 1. The van der Waals surface area contributed by atoms with E-state index in [-0.39, 0.29) is 18.1 Å². The van der Waals surface area contributed by atoms with Crippen LogP contribution in [0.4, 0.5) is 0 Å². The Bertz CT molecular complexity index is 978. The van der Waals surface area contributed by atoms with Gasteiger partial charge in [0.25, 0.3) is 0 Å². The Hall–Kier alpha value is -1.74. The highest BCUT2D eigenvalue weighted by Gasteiger charge is 2.43. The number of carbonyl (C=O) groups excluding carboxylic acids is 2. The van der Waals surface area contributed by atoms with E-state index in [1.54, 1.807) is 32.1 Å². The van der Waals surface area contributed by atoms with Gasteiger partial charge in [-0.15, -0.1) is 11.3 Å². The van der Waals surface area contributed by atoms with Crippen molar-refractivity contribution in [3.8, 4) is 0 Å². The first-order valence-corrected chi connectivity index (χ1v) is 13.3. The predicted octanol–water partition coefficient (Wildman–Crippen LogP) is 5.91. The molecule has 194 valence electrons. The third kappa shape index (κ3) is 8.13. The van der Waals surface area contributed by atoms with Gasteiger partial charge in [-0.05, 0) is 51.8 Å². The Morgan fingerprint density at radius 3 is 2.60 bits per heavy atom. The molecule has 1 aliphatic heterocycles. The molecule has 0 unspecified atom stereocenters. The molecule has 1 aromatic rings. The van der Waals surface area contributed by atoms with Gasteiger partial charge >= 0.3 is 5.97 Å². The average molecular weight is 522 g/mol. The van der Waals surface area contributed by atoms with E-state index < -0.39 is 35.6 Å². The Morgan fingerprint density at radius 1 is 1.31 bits per heavy atom. The molecule has 0 aromatic carbocycles. The van der Waals surface area contributed by atoms with Crippen LogP contribution in [0.5, 0.6) is 0 Å². The van der Waals surface area contributed by atoms with Crippen LogP contribution in [0.1, 0.15) is 71.5 Å². The van der Waals surface area contributed by atoms with E-state index in [1.807, 2.05) is 51.3 Å². The van der Waals surface area contributed by atoms with Gasteiger partial charge in [0.1, 0.15) is 11.9 Å². The second-order valence-electron chi connectivity index (χ2n) is 10.1. The first kappa shape index (κ1) is 29.5. The van der Waals surface area contributed by atoms with Crippen LogP contribution in [-0.2, 0) is 18.5 Å². The number of ketones is 1. The lowest BCUT2D eigenvalue weighted by molar-refractivity contribution is -0.152. The van der Waals surface area contributed by atoms with Crippen molar-refractivity contribution in [1.82, 2.24) is 4.98 Å². The summed E-state index contributed by atoms with van der Waals surface area (Å²) in [5, 5.41) is 13.7. The smallest absolute Gasteiger partial charge is 0.309 e.